The van der Waals surface area contributed by atoms with E-state index in [4.69, 9.17) is 10.7 Å². The third-order valence-corrected chi connectivity index (χ3v) is 7.47. The van der Waals surface area contributed by atoms with Crippen molar-refractivity contribution in [1.82, 2.24) is 15.3 Å². The molecule has 2 fully saturated rings. The zero-order valence-electron chi connectivity index (χ0n) is 18.4. The summed E-state index contributed by atoms with van der Waals surface area (Å²) in [5, 5.41) is 4.72. The third-order valence-electron chi connectivity index (χ3n) is 7.47. The molecular formula is C26H29N5O. The molecule has 1 aromatic carbocycles. The first-order chi connectivity index (χ1) is 15.7. The second-order valence-electron chi connectivity index (χ2n) is 9.44. The zero-order valence-corrected chi connectivity index (χ0v) is 18.4. The normalized spacial score (nSPS) is 19.6. The first-order valence-electron chi connectivity index (χ1n) is 11.8. The summed E-state index contributed by atoms with van der Waals surface area (Å²) >= 11 is 0. The minimum atomic E-state index is -0.570. The van der Waals surface area contributed by atoms with Crippen LogP contribution in [-0.2, 0) is 23.1 Å². The second kappa shape index (κ2) is 7.55. The minimum absolute atomic E-state index is 0.266. The lowest BCUT2D eigenvalue weighted by atomic mass is 9.90. The van der Waals surface area contributed by atoms with Gasteiger partial charge in [0.05, 0.1) is 22.3 Å². The van der Waals surface area contributed by atoms with Gasteiger partial charge < -0.3 is 16.0 Å². The summed E-state index contributed by atoms with van der Waals surface area (Å²) in [5.74, 6) is -0.266. The fourth-order valence-corrected chi connectivity index (χ4v) is 5.45. The Labute approximate surface area is 188 Å². The number of amides is 1. The lowest BCUT2D eigenvalue weighted by molar-refractivity contribution is -0.120. The van der Waals surface area contributed by atoms with Crippen molar-refractivity contribution in [3.63, 3.8) is 0 Å². The predicted molar refractivity (Wildman–Crippen MR) is 127 cm³/mol. The molecule has 2 aliphatic carbocycles. The average molecular weight is 428 g/mol. The summed E-state index contributed by atoms with van der Waals surface area (Å²) in [6, 6.07) is 10.7. The van der Waals surface area contributed by atoms with E-state index in [0.717, 1.165) is 74.2 Å². The van der Waals surface area contributed by atoms with Gasteiger partial charge in [-0.3, -0.25) is 14.8 Å². The lowest BCUT2D eigenvalue weighted by Crippen LogP contribution is -2.44. The number of rotatable bonds is 4. The molecule has 3 aromatic rings. The van der Waals surface area contributed by atoms with Gasteiger partial charge in [-0.25, -0.2) is 0 Å². The first-order valence-corrected chi connectivity index (χ1v) is 11.8. The van der Waals surface area contributed by atoms with Gasteiger partial charge in [0.15, 0.2) is 0 Å². The maximum atomic E-state index is 12.0. The van der Waals surface area contributed by atoms with E-state index >= 15 is 0 Å². The number of piperazine rings is 1. The monoisotopic (exact) mass is 427 g/mol. The molecule has 6 nitrogen and oxygen atoms in total. The van der Waals surface area contributed by atoms with Crippen molar-refractivity contribution in [2.24, 2.45) is 5.73 Å². The lowest BCUT2D eigenvalue weighted by Gasteiger charge is -2.34. The van der Waals surface area contributed by atoms with Crippen LogP contribution in [0, 0.1) is 0 Å². The van der Waals surface area contributed by atoms with Crippen LogP contribution in [0.25, 0.3) is 22.0 Å². The van der Waals surface area contributed by atoms with E-state index in [1.165, 1.54) is 35.2 Å². The van der Waals surface area contributed by atoms with E-state index < -0.39 is 5.41 Å². The van der Waals surface area contributed by atoms with Gasteiger partial charge >= 0.3 is 0 Å². The number of anilines is 1. The number of carbonyl (C=O) groups excluding carboxylic acids is 1. The number of nitrogens with one attached hydrogen (secondary N) is 1. The Morgan fingerprint density at radius 1 is 1.03 bits per heavy atom. The van der Waals surface area contributed by atoms with Crippen molar-refractivity contribution >= 4 is 22.5 Å². The Morgan fingerprint density at radius 3 is 2.59 bits per heavy atom. The highest BCUT2D eigenvalue weighted by molar-refractivity contribution is 5.97. The highest BCUT2D eigenvalue weighted by Crippen LogP contribution is 2.47. The van der Waals surface area contributed by atoms with Crippen LogP contribution in [0.1, 0.15) is 42.6 Å². The van der Waals surface area contributed by atoms with Gasteiger partial charge in [-0.2, -0.15) is 0 Å². The van der Waals surface area contributed by atoms with Crippen molar-refractivity contribution in [1.29, 1.82) is 0 Å². The number of hydrogen-bond donors (Lipinski definition) is 2. The van der Waals surface area contributed by atoms with Gasteiger partial charge in [0.2, 0.25) is 5.91 Å². The summed E-state index contributed by atoms with van der Waals surface area (Å²) in [6.45, 7) is 4.08. The van der Waals surface area contributed by atoms with E-state index in [1.54, 1.807) is 6.20 Å². The Kier molecular flexibility index (Phi) is 4.65. The smallest absolute Gasteiger partial charge is 0.229 e. The standard InChI is InChI=1S/C26H29N5O/c27-25(32)26(8-9-26)23-16-18(7-10-29-23)17-5-6-22-20(15-17)24(31-13-11-28-12-14-31)19-3-1-2-4-21(19)30-22/h5-7,10,15-16,28H,1-4,8-9,11-14H2,(H2,27,32). The molecule has 1 saturated heterocycles. The molecule has 0 unspecified atom stereocenters. The van der Waals surface area contributed by atoms with Crippen LogP contribution >= 0.6 is 0 Å². The van der Waals surface area contributed by atoms with Gasteiger partial charge in [-0.1, -0.05) is 6.07 Å². The van der Waals surface area contributed by atoms with Crippen molar-refractivity contribution in [3.05, 3.63) is 53.5 Å². The minimum Gasteiger partial charge on any atom is -0.369 e. The molecule has 3 heterocycles. The Hall–Kier alpha value is -2.99. The number of aromatic nitrogens is 2. The third kappa shape index (κ3) is 3.16. The van der Waals surface area contributed by atoms with Crippen molar-refractivity contribution in [2.75, 3.05) is 31.1 Å². The maximum absolute atomic E-state index is 12.0. The quantitative estimate of drug-likeness (QED) is 0.668. The molecular weight excluding hydrogens is 398 g/mol. The van der Waals surface area contributed by atoms with Crippen molar-refractivity contribution < 1.29 is 4.79 Å². The summed E-state index contributed by atoms with van der Waals surface area (Å²) in [5.41, 5.74) is 13.3. The van der Waals surface area contributed by atoms with Crippen molar-refractivity contribution in [2.45, 2.75) is 43.9 Å². The van der Waals surface area contributed by atoms with Crippen LogP contribution in [0.3, 0.4) is 0 Å². The van der Waals surface area contributed by atoms with E-state index in [0.29, 0.717) is 0 Å². The fourth-order valence-electron chi connectivity index (χ4n) is 5.45. The fraction of sp³-hybridized carbons (Fsp3) is 0.423. The highest BCUT2D eigenvalue weighted by atomic mass is 16.1. The van der Waals surface area contributed by atoms with E-state index in [2.05, 4.69) is 39.5 Å². The van der Waals surface area contributed by atoms with Crippen LogP contribution in [0.2, 0.25) is 0 Å². The zero-order chi connectivity index (χ0) is 21.7. The van der Waals surface area contributed by atoms with Gasteiger partial charge in [0.25, 0.3) is 0 Å². The summed E-state index contributed by atoms with van der Waals surface area (Å²) in [6.07, 6.45) is 8.05. The highest BCUT2D eigenvalue weighted by Gasteiger charge is 2.51. The van der Waals surface area contributed by atoms with Crippen molar-refractivity contribution in [3.8, 4) is 11.1 Å². The summed E-state index contributed by atoms with van der Waals surface area (Å²) in [4.78, 5) is 24.2. The van der Waals surface area contributed by atoms with Crippen LogP contribution in [0.15, 0.2) is 36.5 Å². The largest absolute Gasteiger partial charge is 0.369 e. The molecule has 0 spiro atoms. The molecule has 32 heavy (non-hydrogen) atoms. The van der Waals surface area contributed by atoms with Crippen LogP contribution in [-0.4, -0.2) is 42.1 Å². The molecule has 2 aromatic heterocycles. The van der Waals surface area contributed by atoms with Gasteiger partial charge in [-0.05, 0) is 79.5 Å². The number of nitrogens with two attached hydrogens (primary N) is 1. The number of carbonyl (C=O) groups is 1. The molecule has 1 amide bonds. The number of aryl methyl sites for hydroxylation is 1. The predicted octanol–water partition coefficient (Wildman–Crippen LogP) is 3.10. The van der Waals surface area contributed by atoms with Crippen LogP contribution < -0.4 is 16.0 Å². The molecule has 0 bridgehead atoms. The topological polar surface area (TPSA) is 84.1 Å². The van der Waals surface area contributed by atoms with E-state index in [1.807, 2.05) is 6.07 Å². The molecule has 164 valence electrons. The van der Waals surface area contributed by atoms with E-state index in [-0.39, 0.29) is 5.91 Å². The van der Waals surface area contributed by atoms with Crippen LogP contribution in [0.4, 0.5) is 5.69 Å². The second-order valence-corrected chi connectivity index (χ2v) is 9.44. The molecule has 0 radical (unpaired) electrons. The average Bonchev–Trinajstić information content (AvgIpc) is 3.65. The number of pyridine rings is 2. The summed E-state index contributed by atoms with van der Waals surface area (Å²) in [7, 11) is 0. The van der Waals surface area contributed by atoms with E-state index in [9.17, 15) is 4.79 Å². The summed E-state index contributed by atoms with van der Waals surface area (Å²) < 4.78 is 0. The number of hydrogen-bond acceptors (Lipinski definition) is 5. The maximum Gasteiger partial charge on any atom is 0.229 e. The Bertz CT molecular complexity index is 1210. The SMILES string of the molecule is NC(=O)C1(c2cc(-c3ccc4nc5c(c(N6CCNCC6)c4c3)CCCC5)ccn2)CC1. The van der Waals surface area contributed by atoms with Crippen LogP contribution in [0.5, 0.6) is 0 Å². The molecule has 3 N–H and O–H groups in total. The molecule has 0 atom stereocenters. The Balaban J connectivity index is 1.50. The number of benzene rings is 1. The molecule has 3 aliphatic rings. The van der Waals surface area contributed by atoms with Gasteiger partial charge in [0.1, 0.15) is 0 Å². The van der Waals surface area contributed by atoms with Gasteiger partial charge in [0, 0.05) is 43.5 Å². The number of primary amides is 1. The first kappa shape index (κ1) is 19.7. The van der Waals surface area contributed by atoms with Gasteiger partial charge in [-0.15, -0.1) is 0 Å². The molecule has 1 aliphatic heterocycles. The molecule has 6 heteroatoms. The molecule has 6 rings (SSSR count). The Morgan fingerprint density at radius 2 is 1.81 bits per heavy atom. The number of nitrogens with zero attached hydrogens (tertiary/aromatic N) is 3. The molecule has 1 saturated carbocycles. The number of fused-ring (bicyclic) bond motifs is 2.